The molecule has 5 nitrogen and oxygen atoms in total. The summed E-state index contributed by atoms with van der Waals surface area (Å²) in [4.78, 5) is 4.39. The number of pyridine rings is 1. The minimum atomic E-state index is -1.49. The van der Waals surface area contributed by atoms with Gasteiger partial charge in [0.05, 0.1) is 0 Å². The van der Waals surface area contributed by atoms with Gasteiger partial charge in [-0.05, 0) is 30.9 Å². The fraction of sp³-hybridized carbons (Fsp3) is 0.333. The highest BCUT2D eigenvalue weighted by molar-refractivity contribution is 6.59. The second-order valence-electron chi connectivity index (χ2n) is 4.60. The Hall–Kier alpha value is -1.66. The van der Waals surface area contributed by atoms with Crippen molar-refractivity contribution in [3.05, 3.63) is 41.5 Å². The van der Waals surface area contributed by atoms with Crippen LogP contribution in [0.15, 0.2) is 24.5 Å². The fourth-order valence-corrected chi connectivity index (χ4v) is 2.70. The van der Waals surface area contributed by atoms with Crippen LogP contribution in [0.2, 0.25) is 0 Å². The van der Waals surface area contributed by atoms with Crippen LogP contribution in [0.3, 0.4) is 0 Å². The Kier molecular flexibility index (Phi) is 2.89. The van der Waals surface area contributed by atoms with Crippen molar-refractivity contribution in [1.82, 2.24) is 15.2 Å². The number of aromatic amines is 1. The molecule has 92 valence electrons. The predicted octanol–water partition coefficient (Wildman–Crippen LogP) is -0.0473. The summed E-state index contributed by atoms with van der Waals surface area (Å²) in [5.74, 6) is 0.127. The summed E-state index contributed by atoms with van der Waals surface area (Å²) in [5.41, 5.74) is 3.51. The lowest BCUT2D eigenvalue weighted by atomic mass is 9.74. The van der Waals surface area contributed by atoms with E-state index in [9.17, 15) is 10.0 Å². The highest BCUT2D eigenvalue weighted by Gasteiger charge is 2.29. The lowest BCUT2D eigenvalue weighted by Gasteiger charge is -2.24. The second kappa shape index (κ2) is 4.55. The quantitative estimate of drug-likeness (QED) is 0.646. The SMILES string of the molecule is OB(O)c1cn[nH]c1C1CCCc2ncccc21. The monoisotopic (exact) mass is 243 g/mol. The molecule has 2 aromatic heterocycles. The molecule has 2 aromatic rings. The third kappa shape index (κ3) is 1.83. The van der Waals surface area contributed by atoms with Gasteiger partial charge in [0.15, 0.2) is 0 Å². The molecule has 0 bridgehead atoms. The van der Waals surface area contributed by atoms with Crippen molar-refractivity contribution < 1.29 is 10.0 Å². The summed E-state index contributed by atoms with van der Waals surface area (Å²) in [6.07, 6.45) is 6.29. The lowest BCUT2D eigenvalue weighted by Crippen LogP contribution is -2.33. The van der Waals surface area contributed by atoms with Gasteiger partial charge < -0.3 is 10.0 Å². The van der Waals surface area contributed by atoms with E-state index in [-0.39, 0.29) is 5.92 Å². The summed E-state index contributed by atoms with van der Waals surface area (Å²) in [6, 6.07) is 3.98. The van der Waals surface area contributed by atoms with Crippen LogP contribution in [0, 0.1) is 0 Å². The molecular formula is C12H14BN3O2. The molecule has 0 amide bonds. The second-order valence-corrected chi connectivity index (χ2v) is 4.60. The maximum absolute atomic E-state index is 9.35. The maximum Gasteiger partial charge on any atom is 0.491 e. The van der Waals surface area contributed by atoms with Crippen molar-refractivity contribution in [2.24, 2.45) is 0 Å². The van der Waals surface area contributed by atoms with E-state index in [1.807, 2.05) is 6.07 Å². The molecule has 1 aliphatic carbocycles. The highest BCUT2D eigenvalue weighted by Crippen LogP contribution is 2.33. The Bertz CT molecular complexity index is 556. The zero-order valence-electron chi connectivity index (χ0n) is 9.87. The van der Waals surface area contributed by atoms with Crippen LogP contribution in [0.4, 0.5) is 0 Å². The average Bonchev–Trinajstić information content (AvgIpc) is 2.87. The topological polar surface area (TPSA) is 82.0 Å². The summed E-state index contributed by atoms with van der Waals surface area (Å²) < 4.78 is 0. The number of nitrogens with zero attached hydrogens (tertiary/aromatic N) is 2. The molecule has 0 aromatic carbocycles. The van der Waals surface area contributed by atoms with Crippen LogP contribution < -0.4 is 5.46 Å². The van der Waals surface area contributed by atoms with Gasteiger partial charge in [-0.2, -0.15) is 5.10 Å². The van der Waals surface area contributed by atoms with Crippen LogP contribution >= 0.6 is 0 Å². The molecule has 3 N–H and O–H groups in total. The molecule has 18 heavy (non-hydrogen) atoms. The first kappa shape index (κ1) is 11.4. The first-order valence-electron chi connectivity index (χ1n) is 6.10. The molecule has 0 fully saturated rings. The van der Waals surface area contributed by atoms with E-state index in [0.29, 0.717) is 5.46 Å². The first-order valence-corrected chi connectivity index (χ1v) is 6.10. The van der Waals surface area contributed by atoms with Crippen molar-refractivity contribution in [3.8, 4) is 0 Å². The number of hydrogen-bond donors (Lipinski definition) is 3. The zero-order chi connectivity index (χ0) is 12.5. The number of rotatable bonds is 2. The zero-order valence-corrected chi connectivity index (χ0v) is 9.87. The van der Waals surface area contributed by atoms with Gasteiger partial charge in [-0.25, -0.2) is 0 Å². The molecule has 1 atom stereocenters. The molecule has 0 saturated heterocycles. The predicted molar refractivity (Wildman–Crippen MR) is 67.4 cm³/mol. The van der Waals surface area contributed by atoms with Crippen LogP contribution in [0.5, 0.6) is 0 Å². The number of aromatic nitrogens is 3. The summed E-state index contributed by atoms with van der Waals surface area (Å²) in [7, 11) is -1.49. The summed E-state index contributed by atoms with van der Waals surface area (Å²) in [6.45, 7) is 0. The van der Waals surface area contributed by atoms with E-state index >= 15 is 0 Å². The molecule has 0 spiro atoms. The van der Waals surface area contributed by atoms with E-state index in [1.165, 1.54) is 6.20 Å². The molecule has 3 rings (SSSR count). The molecule has 6 heteroatoms. The minimum Gasteiger partial charge on any atom is -0.423 e. The number of fused-ring (bicyclic) bond motifs is 1. The first-order chi connectivity index (χ1) is 8.77. The highest BCUT2D eigenvalue weighted by atomic mass is 16.4. The average molecular weight is 243 g/mol. The Morgan fingerprint density at radius 2 is 2.28 bits per heavy atom. The van der Waals surface area contributed by atoms with Crippen molar-refractivity contribution in [1.29, 1.82) is 0 Å². The number of nitrogens with one attached hydrogen (secondary N) is 1. The Morgan fingerprint density at radius 3 is 3.11 bits per heavy atom. The molecule has 0 radical (unpaired) electrons. The third-order valence-electron chi connectivity index (χ3n) is 3.53. The Labute approximate surface area is 105 Å². The van der Waals surface area contributed by atoms with Gasteiger partial charge in [0.1, 0.15) is 0 Å². The van der Waals surface area contributed by atoms with E-state index in [4.69, 9.17) is 0 Å². The van der Waals surface area contributed by atoms with Crippen molar-refractivity contribution in [3.63, 3.8) is 0 Å². The van der Waals surface area contributed by atoms with Crippen molar-refractivity contribution in [2.75, 3.05) is 0 Å². The van der Waals surface area contributed by atoms with Crippen LogP contribution in [-0.2, 0) is 6.42 Å². The smallest absolute Gasteiger partial charge is 0.423 e. The molecule has 1 unspecified atom stereocenters. The Morgan fingerprint density at radius 1 is 1.39 bits per heavy atom. The standard InChI is InChI=1S/C12H14BN3O2/c17-13(18)10-7-15-16-12(10)9-3-1-5-11-8(9)4-2-6-14-11/h2,4,6-7,9,17-18H,1,3,5H2,(H,15,16). The third-order valence-corrected chi connectivity index (χ3v) is 3.53. The van der Waals surface area contributed by atoms with E-state index in [2.05, 4.69) is 21.2 Å². The lowest BCUT2D eigenvalue weighted by molar-refractivity contribution is 0.425. The number of H-pyrrole nitrogens is 1. The van der Waals surface area contributed by atoms with Gasteiger partial charge in [0, 0.05) is 35.2 Å². The summed E-state index contributed by atoms with van der Waals surface area (Å²) >= 11 is 0. The number of hydrogen-bond acceptors (Lipinski definition) is 4. The van der Waals surface area contributed by atoms with Gasteiger partial charge in [0.25, 0.3) is 0 Å². The largest absolute Gasteiger partial charge is 0.491 e. The molecule has 0 aliphatic heterocycles. The van der Waals surface area contributed by atoms with E-state index in [1.54, 1.807) is 6.20 Å². The normalized spacial score (nSPS) is 18.4. The van der Waals surface area contributed by atoms with Gasteiger partial charge in [-0.3, -0.25) is 10.1 Å². The Balaban J connectivity index is 2.06. The van der Waals surface area contributed by atoms with E-state index in [0.717, 1.165) is 36.2 Å². The van der Waals surface area contributed by atoms with Gasteiger partial charge in [-0.15, -0.1) is 0 Å². The van der Waals surface area contributed by atoms with Crippen LogP contribution in [0.1, 0.15) is 35.7 Å². The van der Waals surface area contributed by atoms with E-state index < -0.39 is 7.12 Å². The fourth-order valence-electron chi connectivity index (χ4n) is 2.70. The van der Waals surface area contributed by atoms with Crippen molar-refractivity contribution in [2.45, 2.75) is 25.2 Å². The maximum atomic E-state index is 9.35. The van der Waals surface area contributed by atoms with Gasteiger partial charge in [0.2, 0.25) is 0 Å². The molecule has 2 heterocycles. The van der Waals surface area contributed by atoms with Crippen molar-refractivity contribution >= 4 is 12.6 Å². The van der Waals surface area contributed by atoms with Crippen LogP contribution in [0.25, 0.3) is 0 Å². The molecule has 1 aliphatic rings. The van der Waals surface area contributed by atoms with Gasteiger partial charge in [-0.1, -0.05) is 6.07 Å². The minimum absolute atomic E-state index is 0.127. The summed E-state index contributed by atoms with van der Waals surface area (Å²) in [5, 5.41) is 25.5. The molecule has 0 saturated carbocycles. The molecular weight excluding hydrogens is 229 g/mol. The van der Waals surface area contributed by atoms with Gasteiger partial charge >= 0.3 is 7.12 Å². The van der Waals surface area contributed by atoms with Crippen LogP contribution in [-0.4, -0.2) is 32.3 Å². The number of aryl methyl sites for hydroxylation is 1.